The van der Waals surface area contributed by atoms with Crippen LogP contribution in [-0.4, -0.2) is 46.3 Å². The molecule has 0 aromatic carbocycles. The minimum Gasteiger partial charge on any atom is -0.464 e. The number of thiazole rings is 1. The lowest BCUT2D eigenvalue weighted by atomic mass is 9.78. The number of hydrogen-bond acceptors (Lipinski definition) is 6. The van der Waals surface area contributed by atoms with E-state index in [9.17, 15) is 13.6 Å². The van der Waals surface area contributed by atoms with E-state index in [-0.39, 0.29) is 5.78 Å². The van der Waals surface area contributed by atoms with E-state index < -0.39 is 12.5 Å². The van der Waals surface area contributed by atoms with Crippen molar-refractivity contribution in [3.05, 3.63) is 46.7 Å². The lowest BCUT2D eigenvalue weighted by molar-refractivity contribution is -0.115. The summed E-state index contributed by atoms with van der Waals surface area (Å²) in [5.41, 5.74) is 1.79. The Morgan fingerprint density at radius 3 is 2.79 bits per heavy atom. The predicted octanol–water partition coefficient (Wildman–Crippen LogP) is 5.80. The minimum absolute atomic E-state index is 0.187. The number of hydrogen-bond donors (Lipinski definition) is 0. The van der Waals surface area contributed by atoms with E-state index in [0.717, 1.165) is 68.5 Å². The summed E-state index contributed by atoms with van der Waals surface area (Å²) in [7, 11) is 0. The lowest BCUT2D eigenvalue weighted by Gasteiger charge is -2.31. The van der Waals surface area contributed by atoms with Gasteiger partial charge in [0.25, 0.3) is 11.1 Å². The number of aromatic nitrogens is 2. The summed E-state index contributed by atoms with van der Waals surface area (Å²) in [6.45, 7) is 3.00. The van der Waals surface area contributed by atoms with Gasteiger partial charge in [-0.2, -0.15) is 0 Å². The maximum absolute atomic E-state index is 13.0. The second-order valence-corrected chi connectivity index (χ2v) is 10.7. The highest BCUT2D eigenvalue weighted by atomic mass is 32.1. The van der Waals surface area contributed by atoms with Crippen molar-refractivity contribution in [3.8, 4) is 5.19 Å². The Morgan fingerprint density at radius 2 is 2.06 bits per heavy atom. The minimum atomic E-state index is -2.85. The van der Waals surface area contributed by atoms with Gasteiger partial charge >= 0.3 is 0 Å². The van der Waals surface area contributed by atoms with Crippen LogP contribution in [0.3, 0.4) is 0 Å². The summed E-state index contributed by atoms with van der Waals surface area (Å²) in [5.74, 6) is -1.47. The van der Waals surface area contributed by atoms with Crippen molar-refractivity contribution in [2.75, 3.05) is 19.7 Å². The number of nitrogens with zero attached hydrogens (tertiary/aromatic N) is 3. The number of rotatable bonds is 10. The van der Waals surface area contributed by atoms with Crippen LogP contribution < -0.4 is 4.74 Å². The molecule has 8 heteroatoms. The van der Waals surface area contributed by atoms with Crippen LogP contribution in [0.4, 0.5) is 8.78 Å². The topological polar surface area (TPSA) is 55.3 Å². The van der Waals surface area contributed by atoms with Crippen molar-refractivity contribution >= 4 is 23.2 Å². The van der Waals surface area contributed by atoms with Crippen LogP contribution >= 0.6 is 11.3 Å². The van der Waals surface area contributed by atoms with Gasteiger partial charge in [0.1, 0.15) is 0 Å². The summed E-state index contributed by atoms with van der Waals surface area (Å²) >= 11 is 1.40. The molecule has 2 aromatic rings. The molecule has 0 N–H and O–H groups in total. The maximum Gasteiger partial charge on any atom is 0.278 e. The number of ketones is 1. The van der Waals surface area contributed by atoms with Crippen molar-refractivity contribution in [2.45, 2.75) is 64.3 Å². The third-order valence-electron chi connectivity index (χ3n) is 6.67. The molecule has 4 rings (SSSR count). The summed E-state index contributed by atoms with van der Waals surface area (Å²) < 4.78 is 31.3. The molecular formula is C26H33F2N3O2S. The second-order valence-electron chi connectivity index (χ2n) is 9.67. The summed E-state index contributed by atoms with van der Waals surface area (Å²) in [5, 5.41) is 0.358. The zero-order valence-corrected chi connectivity index (χ0v) is 20.5. The number of halogens is 2. The van der Waals surface area contributed by atoms with E-state index in [1.807, 2.05) is 18.2 Å². The fraction of sp³-hybridized carbons (Fsp3) is 0.577. The first-order valence-corrected chi connectivity index (χ1v) is 13.0. The van der Waals surface area contributed by atoms with Crippen LogP contribution in [0.15, 0.2) is 30.5 Å². The van der Waals surface area contributed by atoms with Crippen LogP contribution in [0.5, 0.6) is 5.19 Å². The maximum atomic E-state index is 13.0. The molecule has 1 aliphatic carbocycles. The molecule has 0 bridgehead atoms. The molecule has 0 radical (unpaired) electrons. The molecule has 0 saturated heterocycles. The first-order valence-electron chi connectivity index (χ1n) is 12.2. The smallest absolute Gasteiger partial charge is 0.278 e. The molecule has 5 nitrogen and oxygen atoms in total. The molecule has 2 aromatic heterocycles. The van der Waals surface area contributed by atoms with Gasteiger partial charge < -0.3 is 4.74 Å². The van der Waals surface area contributed by atoms with Crippen LogP contribution in [-0.2, 0) is 17.8 Å². The molecule has 3 heterocycles. The van der Waals surface area contributed by atoms with Gasteiger partial charge in [0.05, 0.1) is 11.4 Å². The molecule has 0 unspecified atom stereocenters. The quantitative estimate of drug-likeness (QED) is 0.395. The van der Waals surface area contributed by atoms with Gasteiger partial charge in [-0.15, -0.1) is 0 Å². The van der Waals surface area contributed by atoms with Gasteiger partial charge in [-0.05, 0) is 68.3 Å². The van der Waals surface area contributed by atoms with E-state index in [0.29, 0.717) is 23.5 Å². The monoisotopic (exact) mass is 489 g/mol. The molecule has 34 heavy (non-hydrogen) atoms. The van der Waals surface area contributed by atoms with E-state index in [1.165, 1.54) is 24.2 Å². The largest absolute Gasteiger partial charge is 0.464 e. The van der Waals surface area contributed by atoms with Gasteiger partial charge in [0.15, 0.2) is 12.4 Å². The van der Waals surface area contributed by atoms with Gasteiger partial charge in [-0.25, -0.2) is 13.8 Å². The number of carbonyl (C=O) groups excluding carboxylic acids is 1. The Hall–Kier alpha value is -2.19. The Bertz CT molecular complexity index is 966. The first kappa shape index (κ1) is 24.9. The van der Waals surface area contributed by atoms with Crippen molar-refractivity contribution in [3.63, 3.8) is 0 Å². The van der Waals surface area contributed by atoms with E-state index in [2.05, 4.69) is 14.9 Å². The molecule has 1 aliphatic heterocycles. The van der Waals surface area contributed by atoms with E-state index in [1.54, 1.807) is 18.3 Å². The number of alkyl halides is 2. The molecule has 1 fully saturated rings. The Balaban J connectivity index is 1.15. The normalized spacial score (nSPS) is 21.5. The van der Waals surface area contributed by atoms with Crippen LogP contribution in [0, 0.1) is 11.8 Å². The zero-order chi connectivity index (χ0) is 24.0. The molecular weight excluding hydrogens is 456 g/mol. The first-order chi connectivity index (χ1) is 16.3. The number of pyridine rings is 1. The SMILES string of the molecule is CC(F)(F)COc1nc2c(s1)CCN(CCC1CCC(CC(=O)/C=C/c3ccccn3)CC1)C2. The van der Waals surface area contributed by atoms with Gasteiger partial charge in [-0.3, -0.25) is 14.7 Å². The molecule has 184 valence electrons. The van der Waals surface area contributed by atoms with Crippen LogP contribution in [0.2, 0.25) is 0 Å². The van der Waals surface area contributed by atoms with Crippen LogP contribution in [0.25, 0.3) is 6.08 Å². The number of ether oxygens (including phenoxy) is 1. The fourth-order valence-corrected chi connectivity index (χ4v) is 5.67. The number of fused-ring (bicyclic) bond motifs is 1. The molecule has 1 saturated carbocycles. The average molecular weight is 490 g/mol. The van der Waals surface area contributed by atoms with Gasteiger partial charge in [-0.1, -0.05) is 30.2 Å². The molecule has 0 amide bonds. The van der Waals surface area contributed by atoms with Gasteiger partial charge in [0.2, 0.25) is 0 Å². The average Bonchev–Trinajstić information content (AvgIpc) is 3.24. The third-order valence-corrected chi connectivity index (χ3v) is 7.74. The van der Waals surface area contributed by atoms with Crippen molar-refractivity contribution < 1.29 is 18.3 Å². The molecule has 0 spiro atoms. The molecule has 0 atom stereocenters. The zero-order valence-electron chi connectivity index (χ0n) is 19.7. The van der Waals surface area contributed by atoms with Crippen molar-refractivity contribution in [1.82, 2.24) is 14.9 Å². The standard InChI is InChI=1S/C26H33F2N3O2S/c1-26(27,28)18-33-25-30-23-17-31(15-12-24(23)34-25)14-11-19-5-7-20(8-6-19)16-22(32)10-9-21-4-2-3-13-29-21/h2-4,9-10,13,19-20H,5-8,11-12,14-18H2,1H3/b10-9+. The van der Waals surface area contributed by atoms with Crippen molar-refractivity contribution in [1.29, 1.82) is 0 Å². The summed E-state index contributed by atoms with van der Waals surface area (Å²) in [6, 6.07) is 5.68. The van der Waals surface area contributed by atoms with E-state index in [4.69, 9.17) is 4.74 Å². The van der Waals surface area contributed by atoms with E-state index >= 15 is 0 Å². The number of carbonyl (C=O) groups is 1. The Labute approximate surface area is 204 Å². The molecule has 2 aliphatic rings. The Morgan fingerprint density at radius 1 is 1.26 bits per heavy atom. The highest BCUT2D eigenvalue weighted by molar-refractivity contribution is 7.13. The summed E-state index contributed by atoms with van der Waals surface area (Å²) in [6.07, 6.45) is 12.5. The van der Waals surface area contributed by atoms with Crippen LogP contribution in [0.1, 0.15) is 61.7 Å². The lowest BCUT2D eigenvalue weighted by Crippen LogP contribution is -2.32. The summed E-state index contributed by atoms with van der Waals surface area (Å²) in [4.78, 5) is 24.6. The highest BCUT2D eigenvalue weighted by Gasteiger charge is 2.27. The second kappa shape index (κ2) is 11.5. The fourth-order valence-electron chi connectivity index (χ4n) is 4.76. The third kappa shape index (κ3) is 7.67. The predicted molar refractivity (Wildman–Crippen MR) is 130 cm³/mol. The van der Waals surface area contributed by atoms with Gasteiger partial charge in [0, 0.05) is 37.5 Å². The Kier molecular flexibility index (Phi) is 8.42. The van der Waals surface area contributed by atoms with Crippen molar-refractivity contribution in [2.24, 2.45) is 11.8 Å². The highest BCUT2D eigenvalue weighted by Crippen LogP contribution is 2.34. The number of allylic oxidation sites excluding steroid dienone is 1.